The highest BCUT2D eigenvalue weighted by Gasteiger charge is 2.35. The van der Waals surface area contributed by atoms with Crippen molar-refractivity contribution in [3.05, 3.63) is 93.8 Å². The third-order valence-electron chi connectivity index (χ3n) is 4.42. The number of rotatable bonds is 8. The molecule has 0 bridgehead atoms. The summed E-state index contributed by atoms with van der Waals surface area (Å²) in [5, 5.41) is 17.5. The third kappa shape index (κ3) is 5.64. The zero-order valence-corrected chi connectivity index (χ0v) is 16.9. The molecule has 2 heterocycles. The molecule has 0 spiro atoms. The number of benzene rings is 1. The van der Waals surface area contributed by atoms with Crippen LogP contribution in [0.4, 0.5) is 19.0 Å². The van der Waals surface area contributed by atoms with E-state index >= 15 is 0 Å². The van der Waals surface area contributed by atoms with Crippen LogP contribution in [0.1, 0.15) is 17.0 Å². The van der Waals surface area contributed by atoms with E-state index in [9.17, 15) is 23.2 Å². The van der Waals surface area contributed by atoms with Crippen molar-refractivity contribution in [2.24, 2.45) is 0 Å². The van der Waals surface area contributed by atoms with Gasteiger partial charge in [0.05, 0.1) is 11.4 Å². The molecule has 0 aliphatic heterocycles. The number of carbonyl (C=O) groups excluding carboxylic acids is 1. The average molecular weight is 451 g/mol. The Labute approximate surface area is 181 Å². The maximum Gasteiger partial charge on any atom is 0.325 e. The van der Waals surface area contributed by atoms with E-state index in [1.54, 1.807) is 6.07 Å². The number of hydrogen-bond donors (Lipinski definition) is 2. The number of amides is 1. The molecule has 31 heavy (non-hydrogen) atoms. The van der Waals surface area contributed by atoms with Crippen LogP contribution in [0.15, 0.2) is 60.8 Å². The summed E-state index contributed by atoms with van der Waals surface area (Å²) in [6.45, 7) is -0.955. The van der Waals surface area contributed by atoms with Crippen molar-refractivity contribution in [2.75, 3.05) is 11.9 Å². The summed E-state index contributed by atoms with van der Waals surface area (Å²) in [7, 11) is 0. The van der Waals surface area contributed by atoms with Crippen LogP contribution in [0.2, 0.25) is 5.02 Å². The highest BCUT2D eigenvalue weighted by molar-refractivity contribution is 6.31. The molecule has 0 aliphatic carbocycles. The van der Waals surface area contributed by atoms with Crippen molar-refractivity contribution in [1.82, 2.24) is 10.3 Å². The molecule has 162 valence electrons. The van der Waals surface area contributed by atoms with E-state index in [1.165, 1.54) is 54.7 Å². The molecular formula is C21H18ClF3N4O2. The predicted octanol–water partition coefficient (Wildman–Crippen LogP) is 3.57. The van der Waals surface area contributed by atoms with E-state index in [0.717, 1.165) is 0 Å². The molecule has 2 N–H and O–H groups in total. The second kappa shape index (κ2) is 9.65. The Hall–Kier alpha value is -3.33. The summed E-state index contributed by atoms with van der Waals surface area (Å²) in [5.41, 5.74) is -0.287. The van der Waals surface area contributed by atoms with Crippen LogP contribution in [0, 0.1) is 11.0 Å². The average Bonchev–Trinajstić information content (AvgIpc) is 2.76. The van der Waals surface area contributed by atoms with Crippen LogP contribution >= 0.6 is 11.6 Å². The van der Waals surface area contributed by atoms with Crippen LogP contribution in [0.25, 0.3) is 0 Å². The number of pyridine rings is 2. The summed E-state index contributed by atoms with van der Waals surface area (Å²) in [6.07, 6.45) is 0.834. The number of anilines is 1. The second-order valence-corrected chi connectivity index (χ2v) is 7.03. The van der Waals surface area contributed by atoms with E-state index in [-0.39, 0.29) is 28.6 Å². The highest BCUT2D eigenvalue weighted by atomic mass is 35.5. The number of halogens is 4. The fraction of sp³-hybridized carbons (Fsp3) is 0.190. The van der Waals surface area contributed by atoms with Gasteiger partial charge in [-0.3, -0.25) is 15.1 Å². The third-order valence-corrected chi connectivity index (χ3v) is 4.76. The van der Waals surface area contributed by atoms with E-state index < -0.39 is 36.3 Å². The molecule has 0 saturated heterocycles. The van der Waals surface area contributed by atoms with Crippen molar-refractivity contribution in [3.8, 4) is 0 Å². The van der Waals surface area contributed by atoms with Crippen LogP contribution in [0.5, 0.6) is 0 Å². The molecular weight excluding hydrogens is 433 g/mol. The van der Waals surface area contributed by atoms with Gasteiger partial charge in [0, 0.05) is 24.4 Å². The summed E-state index contributed by atoms with van der Waals surface area (Å²) in [4.78, 5) is 15.9. The topological polar surface area (TPSA) is 81.0 Å². The molecule has 0 unspecified atom stereocenters. The lowest BCUT2D eigenvalue weighted by Crippen LogP contribution is -2.40. The largest absolute Gasteiger partial charge is 0.710 e. The Morgan fingerprint density at radius 3 is 2.58 bits per heavy atom. The van der Waals surface area contributed by atoms with Gasteiger partial charge in [-0.15, -0.1) is 0 Å². The molecule has 10 heteroatoms. The second-order valence-electron chi connectivity index (χ2n) is 6.63. The molecule has 0 saturated carbocycles. The molecule has 6 nitrogen and oxygen atoms in total. The first kappa shape index (κ1) is 22.4. The zero-order valence-electron chi connectivity index (χ0n) is 16.1. The fourth-order valence-corrected chi connectivity index (χ4v) is 2.97. The van der Waals surface area contributed by atoms with Crippen molar-refractivity contribution in [2.45, 2.75) is 18.9 Å². The molecule has 0 aliphatic rings. The first-order valence-corrected chi connectivity index (χ1v) is 9.60. The van der Waals surface area contributed by atoms with Crippen molar-refractivity contribution < 1.29 is 22.7 Å². The Morgan fingerprint density at radius 1 is 1.13 bits per heavy atom. The van der Waals surface area contributed by atoms with E-state index in [1.807, 2.05) is 0 Å². The summed E-state index contributed by atoms with van der Waals surface area (Å²) in [5.74, 6) is -4.58. The Bertz CT molecular complexity index is 1070. The monoisotopic (exact) mass is 450 g/mol. The standard InChI is InChI=1S/C21H18ClF3N4O2/c22-15-8-9-19(28-13-21(24,25)18-7-3-4-10-26-18)29(31)17(15)11-20(30)27-12-14-5-1-2-6-16(14)23/h1-10,28H,11-13H2,(H,27,30). The Morgan fingerprint density at radius 2 is 1.87 bits per heavy atom. The van der Waals surface area contributed by atoms with Gasteiger partial charge in [-0.25, -0.2) is 9.12 Å². The maximum atomic E-state index is 14.3. The van der Waals surface area contributed by atoms with Crippen LogP contribution in [-0.2, 0) is 23.7 Å². The molecule has 0 atom stereocenters. The van der Waals surface area contributed by atoms with Crippen LogP contribution in [-0.4, -0.2) is 17.4 Å². The SMILES string of the molecule is O=C(Cc1c(Cl)ccc(NCC(F)(F)c2ccccn2)[n+]1[O-])NCc1ccccc1F. The zero-order chi connectivity index (χ0) is 22.4. The minimum atomic E-state index is -3.33. The first-order chi connectivity index (χ1) is 14.8. The normalized spacial score (nSPS) is 11.2. The number of carbonyl (C=O) groups is 1. The number of nitrogens with zero attached hydrogens (tertiary/aromatic N) is 2. The molecule has 1 amide bonds. The van der Waals surface area contributed by atoms with Gasteiger partial charge >= 0.3 is 5.92 Å². The number of aromatic nitrogens is 2. The maximum absolute atomic E-state index is 14.3. The van der Waals surface area contributed by atoms with Gasteiger partial charge in [0.15, 0.2) is 6.54 Å². The number of hydrogen-bond acceptors (Lipinski definition) is 4. The minimum Gasteiger partial charge on any atom is -0.710 e. The lowest BCUT2D eigenvalue weighted by Gasteiger charge is -2.18. The first-order valence-electron chi connectivity index (χ1n) is 9.22. The molecule has 2 aromatic heterocycles. The van der Waals surface area contributed by atoms with Crippen LogP contribution in [0.3, 0.4) is 0 Å². The molecule has 3 rings (SSSR count). The van der Waals surface area contributed by atoms with Crippen LogP contribution < -0.4 is 15.4 Å². The quantitative estimate of drug-likeness (QED) is 0.406. The molecule has 0 fully saturated rings. The lowest BCUT2D eigenvalue weighted by molar-refractivity contribution is -0.598. The van der Waals surface area contributed by atoms with Gasteiger partial charge < -0.3 is 10.5 Å². The fourth-order valence-electron chi connectivity index (χ4n) is 2.77. The Balaban J connectivity index is 1.67. The summed E-state index contributed by atoms with van der Waals surface area (Å²) < 4.78 is 42.5. The molecule has 0 radical (unpaired) electrons. The van der Waals surface area contributed by atoms with Crippen molar-refractivity contribution >= 4 is 23.3 Å². The molecule has 3 aromatic rings. The smallest absolute Gasteiger partial charge is 0.325 e. The molecule has 1 aromatic carbocycles. The van der Waals surface area contributed by atoms with Gasteiger partial charge in [0.1, 0.15) is 17.2 Å². The van der Waals surface area contributed by atoms with Gasteiger partial charge in [0.2, 0.25) is 5.91 Å². The van der Waals surface area contributed by atoms with E-state index in [2.05, 4.69) is 15.6 Å². The summed E-state index contributed by atoms with van der Waals surface area (Å²) >= 11 is 6.03. The highest BCUT2D eigenvalue weighted by Crippen LogP contribution is 2.26. The van der Waals surface area contributed by atoms with Gasteiger partial charge in [0.25, 0.3) is 5.82 Å². The van der Waals surface area contributed by atoms with Crippen molar-refractivity contribution in [1.29, 1.82) is 0 Å². The van der Waals surface area contributed by atoms with Gasteiger partial charge in [-0.05, 0) is 24.3 Å². The Kier molecular flexibility index (Phi) is 6.96. The summed E-state index contributed by atoms with van der Waals surface area (Å²) in [6, 6.07) is 12.6. The van der Waals surface area contributed by atoms with E-state index in [0.29, 0.717) is 4.73 Å². The van der Waals surface area contributed by atoms with Gasteiger partial charge in [-0.1, -0.05) is 35.9 Å². The van der Waals surface area contributed by atoms with E-state index in [4.69, 9.17) is 11.6 Å². The number of alkyl halides is 2. The number of nitrogens with one attached hydrogen (secondary N) is 2. The lowest BCUT2D eigenvalue weighted by atomic mass is 10.2. The minimum absolute atomic E-state index is 0.00178. The predicted molar refractivity (Wildman–Crippen MR) is 109 cm³/mol. The van der Waals surface area contributed by atoms with Gasteiger partial charge in [-0.2, -0.15) is 8.78 Å². The van der Waals surface area contributed by atoms with Crippen molar-refractivity contribution in [3.63, 3.8) is 0 Å².